The van der Waals surface area contributed by atoms with Crippen LogP contribution in [0.25, 0.3) is 0 Å². The second-order valence-corrected chi connectivity index (χ2v) is 6.96. The lowest BCUT2D eigenvalue weighted by molar-refractivity contribution is 0.0773. The van der Waals surface area contributed by atoms with Crippen molar-refractivity contribution in [2.45, 2.75) is 34.2 Å². The van der Waals surface area contributed by atoms with Crippen molar-refractivity contribution in [3.63, 3.8) is 0 Å². The molecule has 2 aromatic rings. The molecule has 0 radical (unpaired) electrons. The smallest absolute Gasteiger partial charge is 0.253 e. The van der Waals surface area contributed by atoms with Crippen LogP contribution in [0.4, 0.5) is 0 Å². The van der Waals surface area contributed by atoms with E-state index in [1.165, 1.54) is 5.56 Å². The molecule has 0 aliphatic carbocycles. The summed E-state index contributed by atoms with van der Waals surface area (Å²) in [6.45, 7) is 12.0. The van der Waals surface area contributed by atoms with E-state index in [0.717, 1.165) is 23.8 Å². The molecular formula is C24H35IN4O2. The average molecular weight is 538 g/mol. The first-order chi connectivity index (χ1) is 14.6. The van der Waals surface area contributed by atoms with Gasteiger partial charge in [0.2, 0.25) is 0 Å². The first kappa shape index (κ1) is 26.7. The van der Waals surface area contributed by atoms with E-state index in [1.807, 2.05) is 74.2 Å². The Morgan fingerprint density at radius 2 is 1.61 bits per heavy atom. The van der Waals surface area contributed by atoms with Crippen LogP contribution >= 0.6 is 24.0 Å². The van der Waals surface area contributed by atoms with Crippen LogP contribution in [0, 0.1) is 6.92 Å². The maximum absolute atomic E-state index is 12.4. The highest BCUT2D eigenvalue weighted by molar-refractivity contribution is 14.0. The Balaban J connectivity index is 0.00000480. The number of hydrogen-bond acceptors (Lipinski definition) is 3. The predicted molar refractivity (Wildman–Crippen MR) is 139 cm³/mol. The van der Waals surface area contributed by atoms with Crippen LogP contribution in [0.5, 0.6) is 5.75 Å². The fourth-order valence-electron chi connectivity index (χ4n) is 2.93. The molecule has 0 aliphatic heterocycles. The summed E-state index contributed by atoms with van der Waals surface area (Å²) in [5, 5.41) is 6.53. The minimum atomic E-state index is 0. The number of ether oxygens (including phenoxy) is 1. The number of benzene rings is 2. The zero-order valence-corrected chi connectivity index (χ0v) is 21.3. The number of guanidine groups is 1. The third-order valence-corrected chi connectivity index (χ3v) is 4.70. The van der Waals surface area contributed by atoms with Gasteiger partial charge >= 0.3 is 0 Å². The van der Waals surface area contributed by atoms with Gasteiger partial charge in [0.25, 0.3) is 5.91 Å². The Labute approximate surface area is 203 Å². The van der Waals surface area contributed by atoms with Crippen molar-refractivity contribution >= 4 is 35.8 Å². The molecule has 170 valence electrons. The Hall–Kier alpha value is -2.29. The zero-order chi connectivity index (χ0) is 21.8. The first-order valence-electron chi connectivity index (χ1n) is 10.7. The highest BCUT2D eigenvalue weighted by Crippen LogP contribution is 2.11. The van der Waals surface area contributed by atoms with E-state index in [4.69, 9.17) is 4.74 Å². The predicted octanol–water partition coefficient (Wildman–Crippen LogP) is 4.23. The lowest BCUT2D eigenvalue weighted by atomic mass is 10.1. The van der Waals surface area contributed by atoms with Crippen LogP contribution in [0.3, 0.4) is 0 Å². The minimum absolute atomic E-state index is 0. The van der Waals surface area contributed by atoms with Crippen LogP contribution in [0.2, 0.25) is 0 Å². The molecule has 0 spiro atoms. The zero-order valence-electron chi connectivity index (χ0n) is 19.0. The van der Waals surface area contributed by atoms with E-state index in [0.29, 0.717) is 38.3 Å². The fourth-order valence-corrected chi connectivity index (χ4v) is 2.93. The lowest BCUT2D eigenvalue weighted by Crippen LogP contribution is -2.39. The van der Waals surface area contributed by atoms with E-state index in [2.05, 4.69) is 22.5 Å². The van der Waals surface area contributed by atoms with Crippen LogP contribution in [-0.4, -0.2) is 49.6 Å². The summed E-state index contributed by atoms with van der Waals surface area (Å²) < 4.78 is 5.74. The monoisotopic (exact) mass is 538 g/mol. The van der Waals surface area contributed by atoms with Gasteiger partial charge in [-0.05, 0) is 57.5 Å². The maximum atomic E-state index is 12.4. The standard InChI is InChI=1S/C24H34N4O2.HI/c1-5-25-24(26-16-17-30-22-14-8-19(4)9-15-22)27-18-20-10-12-21(13-11-20)23(29)28(6-2)7-3;/h8-15H,5-7,16-18H2,1-4H3,(H2,25,26,27);1H. The second-order valence-electron chi connectivity index (χ2n) is 6.96. The number of carbonyl (C=O) groups is 1. The van der Waals surface area contributed by atoms with Gasteiger partial charge in [0, 0.05) is 25.2 Å². The van der Waals surface area contributed by atoms with Crippen LogP contribution in [0.1, 0.15) is 42.3 Å². The third-order valence-electron chi connectivity index (χ3n) is 4.70. The molecule has 0 unspecified atom stereocenters. The van der Waals surface area contributed by atoms with Crippen molar-refractivity contribution < 1.29 is 9.53 Å². The van der Waals surface area contributed by atoms with E-state index in [9.17, 15) is 4.79 Å². The highest BCUT2D eigenvalue weighted by Gasteiger charge is 2.11. The average Bonchev–Trinajstić information content (AvgIpc) is 2.77. The topological polar surface area (TPSA) is 66.0 Å². The van der Waals surface area contributed by atoms with Gasteiger partial charge < -0.3 is 20.3 Å². The van der Waals surface area contributed by atoms with E-state index in [-0.39, 0.29) is 29.9 Å². The number of aryl methyl sites for hydroxylation is 1. The Morgan fingerprint density at radius 3 is 2.19 bits per heavy atom. The number of carbonyl (C=O) groups excluding carboxylic acids is 1. The van der Waals surface area contributed by atoms with Gasteiger partial charge in [-0.3, -0.25) is 4.79 Å². The van der Waals surface area contributed by atoms with Crippen LogP contribution in [-0.2, 0) is 6.54 Å². The third kappa shape index (κ3) is 9.16. The molecule has 0 aliphatic rings. The summed E-state index contributed by atoms with van der Waals surface area (Å²) in [4.78, 5) is 18.8. The molecule has 0 bridgehead atoms. The number of hydrogen-bond donors (Lipinski definition) is 2. The molecule has 1 amide bonds. The summed E-state index contributed by atoms with van der Waals surface area (Å²) in [5.74, 6) is 1.68. The molecule has 2 aromatic carbocycles. The van der Waals surface area contributed by atoms with Gasteiger partial charge in [0.15, 0.2) is 5.96 Å². The number of halogens is 1. The molecule has 0 saturated carbocycles. The molecule has 31 heavy (non-hydrogen) atoms. The van der Waals surface area contributed by atoms with Crippen molar-refractivity contribution in [2.75, 3.05) is 32.8 Å². The van der Waals surface area contributed by atoms with Gasteiger partial charge in [0.1, 0.15) is 12.4 Å². The summed E-state index contributed by atoms with van der Waals surface area (Å²) in [7, 11) is 0. The molecule has 7 heteroatoms. The normalized spacial score (nSPS) is 10.8. The van der Waals surface area contributed by atoms with Gasteiger partial charge in [0.05, 0.1) is 13.1 Å². The number of rotatable bonds is 10. The van der Waals surface area contributed by atoms with Gasteiger partial charge in [-0.2, -0.15) is 0 Å². The van der Waals surface area contributed by atoms with Crippen molar-refractivity contribution in [3.05, 3.63) is 65.2 Å². The molecular weight excluding hydrogens is 503 g/mol. The SMILES string of the molecule is CCNC(=NCc1ccc(C(=O)N(CC)CC)cc1)NCCOc1ccc(C)cc1.I. The van der Waals surface area contributed by atoms with Crippen molar-refractivity contribution in [2.24, 2.45) is 4.99 Å². The quantitative estimate of drug-likeness (QED) is 0.206. The van der Waals surface area contributed by atoms with Gasteiger partial charge in [-0.1, -0.05) is 29.8 Å². The van der Waals surface area contributed by atoms with Crippen molar-refractivity contribution in [1.29, 1.82) is 0 Å². The van der Waals surface area contributed by atoms with Gasteiger partial charge in [-0.25, -0.2) is 4.99 Å². The molecule has 0 heterocycles. The minimum Gasteiger partial charge on any atom is -0.492 e. The first-order valence-corrected chi connectivity index (χ1v) is 10.7. The number of nitrogens with one attached hydrogen (secondary N) is 2. The molecule has 0 fully saturated rings. The Kier molecular flexibility index (Phi) is 12.7. The summed E-state index contributed by atoms with van der Waals surface area (Å²) in [5.41, 5.74) is 2.98. The van der Waals surface area contributed by atoms with Crippen molar-refractivity contribution in [3.8, 4) is 5.75 Å². The summed E-state index contributed by atoms with van der Waals surface area (Å²) in [6.07, 6.45) is 0. The number of amides is 1. The van der Waals surface area contributed by atoms with Crippen LogP contribution < -0.4 is 15.4 Å². The van der Waals surface area contributed by atoms with E-state index in [1.54, 1.807) is 0 Å². The second kappa shape index (κ2) is 14.7. The Morgan fingerprint density at radius 1 is 0.968 bits per heavy atom. The van der Waals surface area contributed by atoms with Crippen LogP contribution in [0.15, 0.2) is 53.5 Å². The fraction of sp³-hybridized carbons (Fsp3) is 0.417. The molecule has 0 atom stereocenters. The summed E-state index contributed by atoms with van der Waals surface area (Å²) >= 11 is 0. The molecule has 0 aromatic heterocycles. The summed E-state index contributed by atoms with van der Waals surface area (Å²) in [6, 6.07) is 15.7. The van der Waals surface area contributed by atoms with Crippen molar-refractivity contribution in [1.82, 2.24) is 15.5 Å². The Bertz CT molecular complexity index is 803. The number of aliphatic imine (C=N–C) groups is 1. The van der Waals surface area contributed by atoms with Gasteiger partial charge in [-0.15, -0.1) is 24.0 Å². The molecule has 6 nitrogen and oxygen atoms in total. The molecule has 2 rings (SSSR count). The maximum Gasteiger partial charge on any atom is 0.253 e. The number of nitrogens with zero attached hydrogens (tertiary/aromatic N) is 2. The lowest BCUT2D eigenvalue weighted by Gasteiger charge is -2.18. The highest BCUT2D eigenvalue weighted by atomic mass is 127. The van der Waals surface area contributed by atoms with E-state index < -0.39 is 0 Å². The van der Waals surface area contributed by atoms with E-state index >= 15 is 0 Å². The largest absolute Gasteiger partial charge is 0.492 e. The molecule has 2 N–H and O–H groups in total. The molecule has 0 saturated heterocycles.